The van der Waals surface area contributed by atoms with Crippen LogP contribution in [0.4, 0.5) is 0 Å². The summed E-state index contributed by atoms with van der Waals surface area (Å²) in [7, 11) is -1.93. The summed E-state index contributed by atoms with van der Waals surface area (Å²) in [6.07, 6.45) is 5.17. The van der Waals surface area contributed by atoms with E-state index in [2.05, 4.69) is 61.6 Å². The van der Waals surface area contributed by atoms with Crippen LogP contribution in [-0.2, 0) is 4.43 Å². The van der Waals surface area contributed by atoms with Gasteiger partial charge in [0.25, 0.3) is 0 Å². The highest BCUT2D eigenvalue weighted by Gasteiger charge is 2.63. The Balaban J connectivity index is 2.07. The van der Waals surface area contributed by atoms with Crippen molar-refractivity contribution in [3.8, 4) is 0 Å². The summed E-state index contributed by atoms with van der Waals surface area (Å²) in [6, 6.07) is 0. The summed E-state index contributed by atoms with van der Waals surface area (Å²) in [5, 5.41) is 21.6. The zero-order chi connectivity index (χ0) is 22.0. The first kappa shape index (κ1) is 23.8. The lowest BCUT2D eigenvalue weighted by atomic mass is 9.42. The van der Waals surface area contributed by atoms with E-state index in [-0.39, 0.29) is 34.7 Å². The second-order valence-corrected chi connectivity index (χ2v) is 18.1. The van der Waals surface area contributed by atoms with Gasteiger partial charge in [-0.05, 0) is 90.7 Å². The normalized spacial score (nSPS) is 48.7. The molecule has 0 aromatic rings. The van der Waals surface area contributed by atoms with Gasteiger partial charge in [-0.1, -0.05) is 48.5 Å². The monoisotopic (exact) mass is 424 g/mol. The number of hydrogen-bond donors (Lipinski definition) is 2. The van der Waals surface area contributed by atoms with Crippen LogP contribution in [0.25, 0.3) is 0 Å². The molecule has 0 radical (unpaired) electrons. The largest absolute Gasteiger partial charge is 0.414 e. The number of fused-ring (bicyclic) bond motifs is 3. The number of hydrogen-bond acceptors (Lipinski definition) is 3. The molecule has 2 N–H and O–H groups in total. The van der Waals surface area contributed by atoms with E-state index in [0.29, 0.717) is 30.1 Å². The minimum absolute atomic E-state index is 0.0357. The predicted molar refractivity (Wildman–Crippen MR) is 123 cm³/mol. The summed E-state index contributed by atoms with van der Waals surface area (Å²) in [5.41, 5.74) is -0.234. The molecule has 170 valence electrons. The zero-order valence-electron chi connectivity index (χ0n) is 20.6. The third-order valence-electron chi connectivity index (χ3n) is 9.85. The summed E-state index contributed by atoms with van der Waals surface area (Å²) in [4.78, 5) is 0. The molecule has 3 saturated carbocycles. The van der Waals surface area contributed by atoms with Crippen LogP contribution >= 0.6 is 0 Å². The van der Waals surface area contributed by atoms with Crippen LogP contribution in [-0.4, -0.2) is 37.3 Å². The van der Waals surface area contributed by atoms with Crippen LogP contribution in [0.15, 0.2) is 0 Å². The highest BCUT2D eigenvalue weighted by Crippen LogP contribution is 2.66. The van der Waals surface area contributed by atoms with Gasteiger partial charge in [0.15, 0.2) is 8.32 Å². The van der Waals surface area contributed by atoms with Crippen LogP contribution in [0, 0.1) is 40.4 Å². The molecule has 29 heavy (non-hydrogen) atoms. The minimum atomic E-state index is -1.93. The van der Waals surface area contributed by atoms with Crippen molar-refractivity contribution in [2.45, 2.75) is 111 Å². The van der Waals surface area contributed by atoms with Crippen molar-refractivity contribution < 1.29 is 14.6 Å². The molecule has 0 aromatic heterocycles. The fourth-order valence-electron chi connectivity index (χ4n) is 7.73. The summed E-state index contributed by atoms with van der Waals surface area (Å²) in [6.45, 7) is 21.4. The zero-order valence-corrected chi connectivity index (χ0v) is 21.6. The van der Waals surface area contributed by atoms with Crippen LogP contribution in [0.2, 0.25) is 18.1 Å². The van der Waals surface area contributed by atoms with E-state index in [1.165, 1.54) is 12.8 Å². The van der Waals surface area contributed by atoms with Crippen LogP contribution in [0.3, 0.4) is 0 Å². The molecule has 3 fully saturated rings. The van der Waals surface area contributed by atoms with Gasteiger partial charge in [0, 0.05) is 12.7 Å². The molecule has 3 aliphatic rings. The second-order valence-electron chi connectivity index (χ2n) is 13.3. The first-order chi connectivity index (χ1) is 13.1. The van der Waals surface area contributed by atoms with Crippen LogP contribution in [0.1, 0.15) is 80.6 Å². The quantitative estimate of drug-likeness (QED) is 0.558. The van der Waals surface area contributed by atoms with Crippen molar-refractivity contribution in [3.05, 3.63) is 0 Å². The molecule has 0 aliphatic heterocycles. The molecule has 0 aromatic carbocycles. The van der Waals surface area contributed by atoms with Crippen molar-refractivity contribution in [1.82, 2.24) is 0 Å². The average molecular weight is 425 g/mol. The van der Waals surface area contributed by atoms with E-state index in [1.807, 2.05) is 0 Å². The standard InChI is InChI=1S/C25H48O3Si/c1-16-10-17(2)19-12-21(28-29(8,9)23(3,4)5)22-24(6,15-26)13-18(27)14-25(22,7)20(19)11-16/h16-22,26-27H,10-15H2,1-9H3/t16-,17+,18-,19+,20+,21-,22+,24-,25-/m0/s1. The molecule has 0 bridgehead atoms. The van der Waals surface area contributed by atoms with E-state index < -0.39 is 8.32 Å². The minimum Gasteiger partial charge on any atom is -0.414 e. The van der Waals surface area contributed by atoms with E-state index in [1.54, 1.807) is 0 Å². The average Bonchev–Trinajstić information content (AvgIpc) is 2.53. The van der Waals surface area contributed by atoms with Gasteiger partial charge in [-0.25, -0.2) is 0 Å². The molecule has 4 heteroatoms. The Bertz CT molecular complexity index is 599. The number of aliphatic hydroxyl groups is 2. The summed E-state index contributed by atoms with van der Waals surface area (Å²) < 4.78 is 7.18. The van der Waals surface area contributed by atoms with Crippen LogP contribution < -0.4 is 0 Å². The van der Waals surface area contributed by atoms with E-state index in [4.69, 9.17) is 4.43 Å². The van der Waals surface area contributed by atoms with Gasteiger partial charge in [0.1, 0.15) is 0 Å². The Morgan fingerprint density at radius 2 is 1.66 bits per heavy atom. The molecule has 3 nitrogen and oxygen atoms in total. The van der Waals surface area contributed by atoms with Gasteiger partial charge in [-0.15, -0.1) is 0 Å². The van der Waals surface area contributed by atoms with Gasteiger partial charge < -0.3 is 14.6 Å². The van der Waals surface area contributed by atoms with Crippen molar-refractivity contribution >= 4 is 8.32 Å². The SMILES string of the molecule is C[C@H]1C[C@@H](C)[C@H]2C[C@H](O[Si](C)(C)C(C)(C)C)[C@@H]3[C@](C)(CO)C[C@H](O)C[C@@]3(C)[C@@H]2C1. The maximum atomic E-state index is 10.9. The van der Waals surface area contributed by atoms with E-state index >= 15 is 0 Å². The molecular formula is C25H48O3Si. The molecule has 3 aliphatic carbocycles. The maximum Gasteiger partial charge on any atom is 0.192 e. The topological polar surface area (TPSA) is 49.7 Å². The lowest BCUT2D eigenvalue weighted by molar-refractivity contribution is -0.210. The van der Waals surface area contributed by atoms with Gasteiger partial charge >= 0.3 is 0 Å². The summed E-state index contributed by atoms with van der Waals surface area (Å²) >= 11 is 0. The van der Waals surface area contributed by atoms with Crippen molar-refractivity contribution in [2.75, 3.05) is 6.61 Å². The fraction of sp³-hybridized carbons (Fsp3) is 1.00. The van der Waals surface area contributed by atoms with Gasteiger partial charge in [-0.3, -0.25) is 0 Å². The Kier molecular flexibility index (Phi) is 6.23. The smallest absolute Gasteiger partial charge is 0.192 e. The summed E-state index contributed by atoms with van der Waals surface area (Å²) in [5.74, 6) is 3.09. The van der Waals surface area contributed by atoms with Gasteiger partial charge in [-0.2, -0.15) is 0 Å². The van der Waals surface area contributed by atoms with Crippen molar-refractivity contribution in [3.63, 3.8) is 0 Å². The predicted octanol–water partition coefficient (Wildman–Crippen LogP) is 5.85. The number of rotatable bonds is 3. The molecule has 0 heterocycles. The van der Waals surface area contributed by atoms with E-state index in [0.717, 1.165) is 18.8 Å². The molecule has 3 rings (SSSR count). The maximum absolute atomic E-state index is 10.9. The fourth-order valence-corrected chi connectivity index (χ4v) is 9.07. The Morgan fingerprint density at radius 1 is 1.03 bits per heavy atom. The van der Waals surface area contributed by atoms with Crippen molar-refractivity contribution in [1.29, 1.82) is 0 Å². The second kappa shape index (κ2) is 7.60. The third-order valence-corrected chi connectivity index (χ3v) is 14.4. The van der Waals surface area contributed by atoms with Crippen LogP contribution in [0.5, 0.6) is 0 Å². The van der Waals surface area contributed by atoms with Gasteiger partial charge in [0.2, 0.25) is 0 Å². The highest BCUT2D eigenvalue weighted by molar-refractivity contribution is 6.74. The molecular weight excluding hydrogens is 376 g/mol. The van der Waals surface area contributed by atoms with E-state index in [9.17, 15) is 10.2 Å². The van der Waals surface area contributed by atoms with Crippen molar-refractivity contribution in [2.24, 2.45) is 40.4 Å². The Labute approximate surface area is 181 Å². The molecule has 0 spiro atoms. The lowest BCUT2D eigenvalue weighted by Gasteiger charge is -2.66. The van der Waals surface area contributed by atoms with Gasteiger partial charge in [0.05, 0.1) is 6.10 Å². The first-order valence-corrected chi connectivity index (χ1v) is 15.0. The first-order valence-electron chi connectivity index (χ1n) is 12.1. The Hall–Kier alpha value is 0.0969. The highest BCUT2D eigenvalue weighted by atomic mass is 28.4. The molecule has 0 amide bonds. The number of aliphatic hydroxyl groups excluding tert-OH is 2. The molecule has 9 atom stereocenters. The lowest BCUT2D eigenvalue weighted by Crippen LogP contribution is -2.65. The Morgan fingerprint density at radius 3 is 2.21 bits per heavy atom. The molecule has 0 saturated heterocycles. The third kappa shape index (κ3) is 4.01. The molecule has 0 unspecified atom stereocenters.